The number of furan rings is 1. The molecular formula is C11H9F2NO3S. The van der Waals surface area contributed by atoms with Crippen molar-refractivity contribution in [1.29, 1.82) is 0 Å². The Bertz CT molecular complexity index is 618. The number of nitrogens with one attached hydrogen (secondary N) is 1. The quantitative estimate of drug-likeness (QED) is 0.927. The molecule has 0 aliphatic heterocycles. The molecule has 96 valence electrons. The zero-order chi connectivity index (χ0) is 13.2. The van der Waals surface area contributed by atoms with Gasteiger partial charge in [-0.25, -0.2) is 21.9 Å². The molecule has 0 amide bonds. The summed E-state index contributed by atoms with van der Waals surface area (Å²) in [6.45, 7) is -0.177. The van der Waals surface area contributed by atoms with Gasteiger partial charge in [-0.3, -0.25) is 0 Å². The van der Waals surface area contributed by atoms with Gasteiger partial charge < -0.3 is 4.42 Å². The van der Waals surface area contributed by atoms with Gasteiger partial charge in [0, 0.05) is 0 Å². The van der Waals surface area contributed by atoms with Crippen LogP contribution in [0.1, 0.15) is 5.76 Å². The molecule has 0 saturated heterocycles. The molecule has 0 spiro atoms. The number of hydrogen-bond donors (Lipinski definition) is 1. The van der Waals surface area contributed by atoms with Gasteiger partial charge in [0.05, 0.1) is 12.8 Å². The SMILES string of the molecule is O=S(=O)(NCc1ccco1)c1c(F)cccc1F. The summed E-state index contributed by atoms with van der Waals surface area (Å²) in [5.74, 6) is -1.93. The molecule has 0 unspecified atom stereocenters. The lowest BCUT2D eigenvalue weighted by molar-refractivity contribution is 0.490. The molecule has 2 rings (SSSR count). The third-order valence-corrected chi connectivity index (χ3v) is 3.66. The Hall–Kier alpha value is -1.73. The number of rotatable bonds is 4. The topological polar surface area (TPSA) is 59.3 Å². The largest absolute Gasteiger partial charge is 0.468 e. The molecule has 0 aliphatic rings. The maximum Gasteiger partial charge on any atom is 0.246 e. The Kier molecular flexibility index (Phi) is 3.44. The van der Waals surface area contributed by atoms with Gasteiger partial charge in [-0.2, -0.15) is 0 Å². The van der Waals surface area contributed by atoms with E-state index < -0.39 is 26.6 Å². The average Bonchev–Trinajstić information content (AvgIpc) is 2.78. The molecule has 0 atom stereocenters. The second-order valence-electron chi connectivity index (χ2n) is 3.45. The predicted octanol–water partition coefficient (Wildman–Crippen LogP) is 2.04. The van der Waals surface area contributed by atoms with Crippen LogP contribution >= 0.6 is 0 Å². The molecular weight excluding hydrogens is 264 g/mol. The third kappa shape index (κ3) is 2.57. The second kappa shape index (κ2) is 4.87. The lowest BCUT2D eigenvalue weighted by atomic mass is 10.3. The molecule has 0 radical (unpaired) electrons. The van der Waals surface area contributed by atoms with Crippen LogP contribution in [-0.4, -0.2) is 8.42 Å². The maximum atomic E-state index is 13.3. The molecule has 1 aromatic carbocycles. The molecule has 1 N–H and O–H groups in total. The Morgan fingerprint density at radius 2 is 1.78 bits per heavy atom. The highest BCUT2D eigenvalue weighted by Gasteiger charge is 2.23. The molecule has 0 aliphatic carbocycles. The van der Waals surface area contributed by atoms with Crippen molar-refractivity contribution in [1.82, 2.24) is 4.72 Å². The van der Waals surface area contributed by atoms with Crippen molar-refractivity contribution in [2.24, 2.45) is 0 Å². The molecule has 0 saturated carbocycles. The first-order valence-electron chi connectivity index (χ1n) is 4.97. The molecule has 18 heavy (non-hydrogen) atoms. The predicted molar refractivity (Wildman–Crippen MR) is 59.1 cm³/mol. The fourth-order valence-electron chi connectivity index (χ4n) is 1.39. The summed E-state index contributed by atoms with van der Waals surface area (Å²) in [7, 11) is -4.26. The minimum absolute atomic E-state index is 0.177. The highest BCUT2D eigenvalue weighted by atomic mass is 32.2. The van der Waals surface area contributed by atoms with E-state index in [1.165, 1.54) is 6.26 Å². The van der Waals surface area contributed by atoms with E-state index in [-0.39, 0.29) is 6.54 Å². The molecule has 7 heteroatoms. The Labute approximate surface area is 102 Å². The van der Waals surface area contributed by atoms with Crippen LogP contribution in [0.25, 0.3) is 0 Å². The Morgan fingerprint density at radius 1 is 1.11 bits per heavy atom. The smallest absolute Gasteiger partial charge is 0.246 e. The zero-order valence-electron chi connectivity index (χ0n) is 9.06. The highest BCUT2D eigenvalue weighted by Crippen LogP contribution is 2.18. The summed E-state index contributed by atoms with van der Waals surface area (Å²) in [5.41, 5.74) is 0. The van der Waals surface area contributed by atoms with E-state index in [1.54, 1.807) is 12.1 Å². The van der Waals surface area contributed by atoms with Crippen LogP contribution < -0.4 is 4.72 Å². The number of hydrogen-bond acceptors (Lipinski definition) is 3. The standard InChI is InChI=1S/C11H9F2NO3S/c12-9-4-1-5-10(13)11(9)18(15,16)14-7-8-3-2-6-17-8/h1-6,14H,7H2. The van der Waals surface area contributed by atoms with Crippen molar-refractivity contribution in [3.8, 4) is 0 Å². The van der Waals surface area contributed by atoms with E-state index in [1.807, 2.05) is 0 Å². The van der Waals surface area contributed by atoms with E-state index in [9.17, 15) is 17.2 Å². The summed E-state index contributed by atoms with van der Waals surface area (Å²) in [4.78, 5) is -0.989. The molecule has 2 aromatic rings. The molecule has 1 heterocycles. The van der Waals surface area contributed by atoms with Gasteiger partial charge in [-0.1, -0.05) is 6.07 Å². The van der Waals surface area contributed by atoms with Gasteiger partial charge in [0.1, 0.15) is 17.4 Å². The van der Waals surface area contributed by atoms with Crippen LogP contribution in [0.15, 0.2) is 45.9 Å². The summed E-state index contributed by atoms with van der Waals surface area (Å²) in [5, 5.41) is 0. The van der Waals surface area contributed by atoms with Crippen molar-refractivity contribution in [2.75, 3.05) is 0 Å². The summed E-state index contributed by atoms with van der Waals surface area (Å²) in [6.07, 6.45) is 1.37. The van der Waals surface area contributed by atoms with Gasteiger partial charge in [0.25, 0.3) is 0 Å². The Balaban J connectivity index is 2.26. The fourth-order valence-corrected chi connectivity index (χ4v) is 2.52. The van der Waals surface area contributed by atoms with Crippen molar-refractivity contribution in [3.05, 3.63) is 54.0 Å². The summed E-state index contributed by atoms with van der Waals surface area (Å²) in [6, 6.07) is 5.97. The number of benzene rings is 1. The van der Waals surface area contributed by atoms with Crippen LogP contribution in [0.4, 0.5) is 8.78 Å². The van der Waals surface area contributed by atoms with Crippen molar-refractivity contribution >= 4 is 10.0 Å². The first-order chi connectivity index (χ1) is 8.50. The molecule has 1 aromatic heterocycles. The van der Waals surface area contributed by atoms with Crippen molar-refractivity contribution in [2.45, 2.75) is 11.4 Å². The van der Waals surface area contributed by atoms with Crippen molar-refractivity contribution in [3.63, 3.8) is 0 Å². The minimum Gasteiger partial charge on any atom is -0.468 e. The van der Waals surface area contributed by atoms with Crippen LogP contribution in [0.5, 0.6) is 0 Å². The average molecular weight is 273 g/mol. The van der Waals surface area contributed by atoms with Gasteiger partial charge in [0.2, 0.25) is 10.0 Å². The van der Waals surface area contributed by atoms with Crippen LogP contribution in [0, 0.1) is 11.6 Å². The third-order valence-electron chi connectivity index (χ3n) is 2.20. The minimum atomic E-state index is -4.26. The summed E-state index contributed by atoms with van der Waals surface area (Å²) >= 11 is 0. The van der Waals surface area contributed by atoms with Crippen LogP contribution in [-0.2, 0) is 16.6 Å². The molecule has 0 bridgehead atoms. The highest BCUT2D eigenvalue weighted by molar-refractivity contribution is 7.89. The van der Waals surface area contributed by atoms with Crippen molar-refractivity contribution < 1.29 is 21.6 Å². The monoisotopic (exact) mass is 273 g/mol. The summed E-state index contributed by atoms with van der Waals surface area (Å²) < 4.78 is 57.1. The fraction of sp³-hybridized carbons (Fsp3) is 0.0909. The van der Waals surface area contributed by atoms with E-state index in [4.69, 9.17) is 4.42 Å². The van der Waals surface area contributed by atoms with E-state index in [2.05, 4.69) is 4.72 Å². The zero-order valence-corrected chi connectivity index (χ0v) is 9.88. The number of sulfonamides is 1. The van der Waals surface area contributed by atoms with Crippen LogP contribution in [0.3, 0.4) is 0 Å². The van der Waals surface area contributed by atoms with E-state index >= 15 is 0 Å². The first kappa shape index (κ1) is 12.7. The first-order valence-corrected chi connectivity index (χ1v) is 6.45. The number of halogens is 2. The maximum absolute atomic E-state index is 13.3. The Morgan fingerprint density at radius 3 is 2.33 bits per heavy atom. The van der Waals surface area contributed by atoms with E-state index in [0.717, 1.165) is 18.2 Å². The second-order valence-corrected chi connectivity index (χ2v) is 5.16. The normalized spacial score (nSPS) is 11.7. The molecule has 4 nitrogen and oxygen atoms in total. The lowest BCUT2D eigenvalue weighted by Gasteiger charge is -2.07. The van der Waals surface area contributed by atoms with E-state index in [0.29, 0.717) is 5.76 Å². The van der Waals surface area contributed by atoms with Gasteiger partial charge in [0.15, 0.2) is 4.90 Å². The van der Waals surface area contributed by atoms with Gasteiger partial charge >= 0.3 is 0 Å². The van der Waals surface area contributed by atoms with Gasteiger partial charge in [-0.05, 0) is 24.3 Å². The van der Waals surface area contributed by atoms with Gasteiger partial charge in [-0.15, -0.1) is 0 Å². The lowest BCUT2D eigenvalue weighted by Crippen LogP contribution is -2.25. The molecule has 0 fully saturated rings. The van der Waals surface area contributed by atoms with Crippen LogP contribution in [0.2, 0.25) is 0 Å².